The molecule has 0 aromatic heterocycles. The fourth-order valence-electron chi connectivity index (χ4n) is 3.58. The molecule has 1 atom stereocenters. The van der Waals surface area contributed by atoms with Gasteiger partial charge in [0, 0.05) is 45.8 Å². The molecule has 0 spiro atoms. The molecule has 1 aliphatic heterocycles. The van der Waals surface area contributed by atoms with Gasteiger partial charge in [-0.15, -0.1) is 0 Å². The average Bonchev–Trinajstić information content (AvgIpc) is 2.71. The van der Waals surface area contributed by atoms with Crippen molar-refractivity contribution in [1.29, 1.82) is 0 Å². The highest BCUT2D eigenvalue weighted by Crippen LogP contribution is 2.21. The zero-order valence-corrected chi connectivity index (χ0v) is 20.0. The fraction of sp³-hybridized carbons (Fsp3) is 0.682. The molecule has 1 aliphatic rings. The molecule has 8 heteroatoms. The van der Waals surface area contributed by atoms with E-state index in [1.807, 2.05) is 19.2 Å². The lowest BCUT2D eigenvalue weighted by atomic mass is 10.0. The van der Waals surface area contributed by atoms with Crippen molar-refractivity contribution in [3.63, 3.8) is 0 Å². The minimum Gasteiger partial charge on any atom is -0.354 e. The molecule has 2 N–H and O–H groups in total. The summed E-state index contributed by atoms with van der Waals surface area (Å²) in [5, 5.41) is 6.70. The van der Waals surface area contributed by atoms with Gasteiger partial charge >= 0.3 is 0 Å². The van der Waals surface area contributed by atoms with Crippen molar-refractivity contribution in [2.24, 2.45) is 10.9 Å². The van der Waals surface area contributed by atoms with Gasteiger partial charge in [0.1, 0.15) is 0 Å². The molecular weight excluding hydrogens is 398 g/mol. The summed E-state index contributed by atoms with van der Waals surface area (Å²) in [6.07, 6.45) is 3.47. The number of rotatable bonds is 9. The van der Waals surface area contributed by atoms with Gasteiger partial charge < -0.3 is 15.5 Å². The van der Waals surface area contributed by atoms with E-state index < -0.39 is 10.0 Å². The molecule has 1 saturated heterocycles. The highest BCUT2D eigenvalue weighted by Gasteiger charge is 2.29. The molecule has 0 radical (unpaired) electrons. The maximum absolute atomic E-state index is 13.2. The number of nitrogens with zero attached hydrogens (tertiary/aromatic N) is 3. The standard InChI is InChI=1S/C22H39N5O2S/c1-18(2)9-8-10-19(3)25-22(23-4)24-17-20-11-6-7-12-21(20)30(28,29)27-15-13-26(5)14-16-27/h6-7,11-12,18-19H,8-10,13-17H2,1-5H3,(H2,23,24,25). The topological polar surface area (TPSA) is 77.0 Å². The Balaban J connectivity index is 2.00. The zero-order chi connectivity index (χ0) is 22.1. The molecule has 1 aromatic rings. The van der Waals surface area contributed by atoms with Crippen molar-refractivity contribution in [3.05, 3.63) is 29.8 Å². The van der Waals surface area contributed by atoms with Crippen LogP contribution < -0.4 is 10.6 Å². The minimum atomic E-state index is -3.51. The van der Waals surface area contributed by atoms with Crippen molar-refractivity contribution in [1.82, 2.24) is 19.8 Å². The van der Waals surface area contributed by atoms with E-state index >= 15 is 0 Å². The summed E-state index contributed by atoms with van der Waals surface area (Å²) in [6.45, 7) is 9.60. The van der Waals surface area contributed by atoms with Crippen LogP contribution in [0.3, 0.4) is 0 Å². The Morgan fingerprint density at radius 2 is 1.77 bits per heavy atom. The third-order valence-electron chi connectivity index (χ3n) is 5.52. The van der Waals surface area contributed by atoms with Crippen molar-refractivity contribution < 1.29 is 8.42 Å². The molecule has 1 heterocycles. The summed E-state index contributed by atoms with van der Waals surface area (Å²) in [6, 6.07) is 7.55. The molecule has 0 saturated carbocycles. The Bertz CT molecular complexity index is 786. The fourth-order valence-corrected chi connectivity index (χ4v) is 5.22. The lowest BCUT2D eigenvalue weighted by Gasteiger charge is -2.32. The van der Waals surface area contributed by atoms with Gasteiger partial charge in [0.15, 0.2) is 5.96 Å². The molecule has 7 nitrogen and oxygen atoms in total. The molecule has 1 fully saturated rings. The molecule has 0 amide bonds. The van der Waals surface area contributed by atoms with Gasteiger partial charge in [-0.1, -0.05) is 44.9 Å². The minimum absolute atomic E-state index is 0.305. The smallest absolute Gasteiger partial charge is 0.243 e. The van der Waals surface area contributed by atoms with Gasteiger partial charge in [-0.05, 0) is 37.9 Å². The molecular formula is C22H39N5O2S. The van der Waals surface area contributed by atoms with Crippen molar-refractivity contribution in [2.75, 3.05) is 40.3 Å². The van der Waals surface area contributed by atoms with E-state index in [1.165, 1.54) is 12.8 Å². The van der Waals surface area contributed by atoms with Crippen LogP contribution in [0.2, 0.25) is 0 Å². The van der Waals surface area contributed by atoms with Gasteiger partial charge in [-0.25, -0.2) is 8.42 Å². The van der Waals surface area contributed by atoms with Crippen LogP contribution in [0.25, 0.3) is 0 Å². The number of hydrogen-bond acceptors (Lipinski definition) is 4. The zero-order valence-electron chi connectivity index (χ0n) is 19.2. The summed E-state index contributed by atoms with van der Waals surface area (Å²) < 4.78 is 28.0. The summed E-state index contributed by atoms with van der Waals surface area (Å²) in [5.74, 6) is 1.41. The maximum Gasteiger partial charge on any atom is 0.243 e. The lowest BCUT2D eigenvalue weighted by Crippen LogP contribution is -2.47. The van der Waals surface area contributed by atoms with Crippen LogP contribution in [0.1, 0.15) is 45.6 Å². The van der Waals surface area contributed by atoms with Crippen LogP contribution in [0.5, 0.6) is 0 Å². The Kier molecular flexibility index (Phi) is 9.58. The van der Waals surface area contributed by atoms with Gasteiger partial charge in [0.25, 0.3) is 0 Å². The number of sulfonamides is 1. The van der Waals surface area contributed by atoms with E-state index in [0.717, 1.165) is 25.1 Å². The van der Waals surface area contributed by atoms with E-state index in [1.54, 1.807) is 23.5 Å². The number of nitrogens with one attached hydrogen (secondary N) is 2. The van der Waals surface area contributed by atoms with Crippen molar-refractivity contribution >= 4 is 16.0 Å². The first kappa shape index (κ1) is 24.6. The Morgan fingerprint density at radius 3 is 2.40 bits per heavy atom. The van der Waals surface area contributed by atoms with Crippen LogP contribution in [-0.4, -0.2) is 69.9 Å². The van der Waals surface area contributed by atoms with Gasteiger partial charge in [-0.2, -0.15) is 4.31 Å². The molecule has 0 aliphatic carbocycles. The third kappa shape index (κ3) is 7.25. The Morgan fingerprint density at radius 1 is 1.10 bits per heavy atom. The first-order chi connectivity index (χ1) is 14.2. The van der Waals surface area contributed by atoms with Gasteiger partial charge in [0.05, 0.1) is 4.90 Å². The van der Waals surface area contributed by atoms with Crippen LogP contribution in [-0.2, 0) is 16.6 Å². The van der Waals surface area contributed by atoms with E-state index in [-0.39, 0.29) is 0 Å². The van der Waals surface area contributed by atoms with Gasteiger partial charge in [-0.3, -0.25) is 4.99 Å². The molecule has 1 aromatic carbocycles. The second kappa shape index (κ2) is 11.7. The number of piperazine rings is 1. The first-order valence-corrected chi connectivity index (χ1v) is 12.4. The molecule has 1 unspecified atom stereocenters. The van der Waals surface area contributed by atoms with Crippen LogP contribution in [0.4, 0.5) is 0 Å². The van der Waals surface area contributed by atoms with Gasteiger partial charge in [0.2, 0.25) is 10.0 Å². The molecule has 30 heavy (non-hydrogen) atoms. The first-order valence-electron chi connectivity index (χ1n) is 11.0. The number of benzene rings is 1. The van der Waals surface area contributed by atoms with Crippen molar-refractivity contribution in [2.45, 2.75) is 57.5 Å². The number of aliphatic imine (C=N–C) groups is 1. The maximum atomic E-state index is 13.2. The summed E-state index contributed by atoms with van der Waals surface area (Å²) >= 11 is 0. The average molecular weight is 438 g/mol. The van der Waals surface area contributed by atoms with E-state index in [0.29, 0.717) is 42.4 Å². The molecule has 170 valence electrons. The largest absolute Gasteiger partial charge is 0.354 e. The number of likely N-dealkylation sites (N-methyl/N-ethyl adjacent to an activating group) is 1. The number of guanidine groups is 1. The quantitative estimate of drug-likeness (QED) is 0.459. The van der Waals surface area contributed by atoms with E-state index in [9.17, 15) is 8.42 Å². The molecule has 0 bridgehead atoms. The second-order valence-electron chi connectivity index (χ2n) is 8.61. The second-order valence-corrected chi connectivity index (χ2v) is 10.5. The summed E-state index contributed by atoms with van der Waals surface area (Å²) in [4.78, 5) is 6.83. The Hall–Kier alpha value is -1.64. The van der Waals surface area contributed by atoms with Crippen molar-refractivity contribution in [3.8, 4) is 0 Å². The predicted octanol–water partition coefficient (Wildman–Crippen LogP) is 2.50. The number of hydrogen-bond donors (Lipinski definition) is 2. The predicted molar refractivity (Wildman–Crippen MR) is 124 cm³/mol. The monoisotopic (exact) mass is 437 g/mol. The normalized spacial score (nSPS) is 17.9. The summed E-state index contributed by atoms with van der Waals surface area (Å²) in [7, 11) is 0.250. The van der Waals surface area contributed by atoms with E-state index in [2.05, 4.69) is 41.3 Å². The SMILES string of the molecule is CN=C(NCc1ccccc1S(=O)(=O)N1CCN(C)CC1)NC(C)CCCC(C)C. The van der Waals surface area contributed by atoms with E-state index in [4.69, 9.17) is 0 Å². The third-order valence-corrected chi connectivity index (χ3v) is 7.52. The van der Waals surface area contributed by atoms with Crippen LogP contribution in [0.15, 0.2) is 34.2 Å². The Labute approximate surface area is 183 Å². The highest BCUT2D eigenvalue weighted by molar-refractivity contribution is 7.89. The summed E-state index contributed by atoms with van der Waals surface area (Å²) in [5.41, 5.74) is 0.756. The van der Waals surface area contributed by atoms with Crippen LogP contribution in [0, 0.1) is 5.92 Å². The van der Waals surface area contributed by atoms with Crippen LogP contribution >= 0.6 is 0 Å². The lowest BCUT2D eigenvalue weighted by molar-refractivity contribution is 0.222. The highest BCUT2D eigenvalue weighted by atomic mass is 32.2. The molecule has 2 rings (SSSR count).